The van der Waals surface area contributed by atoms with Crippen LogP contribution in [0.1, 0.15) is 12.5 Å². The highest BCUT2D eigenvalue weighted by Crippen LogP contribution is 2.20. The van der Waals surface area contributed by atoms with Gasteiger partial charge in [-0.05, 0) is 54.1 Å². The third-order valence-corrected chi connectivity index (χ3v) is 4.20. The summed E-state index contributed by atoms with van der Waals surface area (Å²) in [4.78, 5) is 21.4. The fourth-order valence-electron chi connectivity index (χ4n) is 1.86. The maximum Gasteiger partial charge on any atom is 0.339 e. The van der Waals surface area contributed by atoms with Gasteiger partial charge in [0.2, 0.25) is 5.91 Å². The van der Waals surface area contributed by atoms with Gasteiger partial charge in [-0.25, -0.2) is 10.2 Å². The van der Waals surface area contributed by atoms with E-state index in [9.17, 15) is 18.0 Å². The fourth-order valence-corrected chi connectivity index (χ4v) is 2.79. The second-order valence-corrected chi connectivity index (χ2v) is 6.59. The van der Waals surface area contributed by atoms with Gasteiger partial charge in [0.05, 0.1) is 6.21 Å². The maximum atomic E-state index is 12.3. The van der Waals surface area contributed by atoms with E-state index in [0.717, 1.165) is 0 Å². The van der Waals surface area contributed by atoms with Gasteiger partial charge < -0.3 is 15.2 Å². The van der Waals surface area contributed by atoms with Crippen molar-refractivity contribution in [2.75, 3.05) is 5.32 Å². The molecule has 0 radical (unpaired) electrons. The van der Waals surface area contributed by atoms with Crippen LogP contribution in [0.5, 0.6) is 5.75 Å². The molecular weight excluding hydrogens is 360 g/mol. The number of carbonyl (C=O) groups excluding carboxylic acids is 2. The van der Waals surface area contributed by atoms with Gasteiger partial charge in [-0.2, -0.15) is 13.5 Å². The molecule has 0 aliphatic rings. The van der Waals surface area contributed by atoms with Crippen LogP contribution in [-0.2, 0) is 14.9 Å². The zero-order valence-electron chi connectivity index (χ0n) is 13.7. The summed E-state index contributed by atoms with van der Waals surface area (Å²) in [6.45, 7) is 1.35. The highest BCUT2D eigenvalue weighted by Gasteiger charge is 2.16. The topological polar surface area (TPSA) is 140 Å². The molecule has 2 aromatic carbocycles. The number of nitrogens with one attached hydrogen (secondary N) is 2. The summed E-state index contributed by atoms with van der Waals surface area (Å²) in [7, 11) is -4.02. The molecule has 3 amide bonds. The minimum Gasteiger partial charge on any atom is -0.379 e. The van der Waals surface area contributed by atoms with E-state index in [1.165, 1.54) is 49.5 Å². The summed E-state index contributed by atoms with van der Waals surface area (Å²) in [5.74, 6) is -0.150. The van der Waals surface area contributed by atoms with Crippen LogP contribution in [0.4, 0.5) is 10.5 Å². The number of hydrogen-bond acceptors (Lipinski definition) is 6. The van der Waals surface area contributed by atoms with Gasteiger partial charge in [-0.1, -0.05) is 0 Å². The summed E-state index contributed by atoms with van der Waals surface area (Å²) in [5, 5.41) is 6.13. The highest BCUT2D eigenvalue weighted by molar-refractivity contribution is 7.87. The lowest BCUT2D eigenvalue weighted by Crippen LogP contribution is -2.24. The molecule has 2 rings (SSSR count). The van der Waals surface area contributed by atoms with Gasteiger partial charge in [0.15, 0.2) is 0 Å². The van der Waals surface area contributed by atoms with Crippen molar-refractivity contribution in [1.82, 2.24) is 5.43 Å². The number of rotatable bonds is 6. The quantitative estimate of drug-likeness (QED) is 0.397. The van der Waals surface area contributed by atoms with Crippen LogP contribution >= 0.6 is 0 Å². The SMILES string of the molecule is CC(=O)Nc1ccc(S(=O)(=O)Oc2ccc(/C=N\NC(N)=O)cc2)cc1. The van der Waals surface area contributed by atoms with E-state index in [1.807, 2.05) is 5.43 Å². The monoisotopic (exact) mass is 376 g/mol. The maximum absolute atomic E-state index is 12.3. The molecule has 26 heavy (non-hydrogen) atoms. The number of nitrogens with two attached hydrogens (primary N) is 1. The summed E-state index contributed by atoms with van der Waals surface area (Å²) in [5.41, 5.74) is 7.98. The lowest BCUT2D eigenvalue weighted by Gasteiger charge is -2.08. The Hall–Kier alpha value is -3.40. The van der Waals surface area contributed by atoms with E-state index in [0.29, 0.717) is 11.3 Å². The first-order valence-electron chi connectivity index (χ1n) is 7.27. The van der Waals surface area contributed by atoms with E-state index >= 15 is 0 Å². The standard InChI is InChI=1S/C16H16N4O5S/c1-11(21)19-13-4-8-15(9-5-13)26(23,24)25-14-6-2-12(3-7-14)10-18-20-16(17)22/h2-10H,1H3,(H,19,21)(H3,17,20,22)/b18-10-. The zero-order valence-corrected chi connectivity index (χ0v) is 14.5. The Bertz CT molecular complexity index is 922. The molecule has 2 aromatic rings. The number of amides is 3. The summed E-state index contributed by atoms with van der Waals surface area (Å²) in [6, 6.07) is 10.8. The third kappa shape index (κ3) is 5.60. The van der Waals surface area contributed by atoms with Gasteiger partial charge in [-0.15, -0.1) is 0 Å². The third-order valence-electron chi connectivity index (χ3n) is 2.94. The Morgan fingerprint density at radius 1 is 1.08 bits per heavy atom. The number of nitrogens with zero attached hydrogens (tertiary/aromatic N) is 1. The molecule has 0 aliphatic carbocycles. The number of primary amides is 1. The van der Waals surface area contributed by atoms with E-state index in [2.05, 4.69) is 10.4 Å². The van der Waals surface area contributed by atoms with Gasteiger partial charge in [0, 0.05) is 12.6 Å². The molecular formula is C16H16N4O5S. The largest absolute Gasteiger partial charge is 0.379 e. The van der Waals surface area contributed by atoms with Crippen molar-refractivity contribution in [3.63, 3.8) is 0 Å². The number of hydrogen-bond donors (Lipinski definition) is 3. The Morgan fingerprint density at radius 3 is 2.23 bits per heavy atom. The van der Waals surface area contributed by atoms with Crippen LogP contribution in [0, 0.1) is 0 Å². The van der Waals surface area contributed by atoms with Crippen LogP contribution in [0.2, 0.25) is 0 Å². The first-order valence-corrected chi connectivity index (χ1v) is 8.68. The van der Waals surface area contributed by atoms with Gasteiger partial charge in [0.1, 0.15) is 10.6 Å². The lowest BCUT2D eigenvalue weighted by molar-refractivity contribution is -0.114. The second kappa shape index (κ2) is 8.12. The van der Waals surface area contributed by atoms with Crippen molar-refractivity contribution >= 4 is 34.0 Å². The molecule has 0 heterocycles. The number of benzene rings is 2. The molecule has 0 bridgehead atoms. The number of anilines is 1. The minimum absolute atomic E-state index is 0.0529. The number of carbonyl (C=O) groups is 2. The summed E-state index contributed by atoms with van der Waals surface area (Å²) < 4.78 is 29.6. The normalized spacial score (nSPS) is 11.1. The lowest BCUT2D eigenvalue weighted by atomic mass is 10.2. The number of urea groups is 1. The molecule has 0 fully saturated rings. The highest BCUT2D eigenvalue weighted by atomic mass is 32.2. The van der Waals surface area contributed by atoms with Gasteiger partial charge in [0.25, 0.3) is 0 Å². The van der Waals surface area contributed by atoms with E-state index in [1.54, 1.807) is 12.1 Å². The molecule has 0 atom stereocenters. The Balaban J connectivity index is 2.07. The molecule has 0 aromatic heterocycles. The molecule has 4 N–H and O–H groups in total. The van der Waals surface area contributed by atoms with Crippen LogP contribution < -0.4 is 20.7 Å². The summed E-state index contributed by atoms with van der Waals surface area (Å²) in [6.07, 6.45) is 1.34. The Labute approximate surface area is 150 Å². The van der Waals surface area contributed by atoms with E-state index < -0.39 is 16.1 Å². The van der Waals surface area contributed by atoms with Crippen LogP contribution in [0.15, 0.2) is 58.5 Å². The molecule has 0 aliphatic heterocycles. The Morgan fingerprint density at radius 2 is 1.69 bits per heavy atom. The van der Waals surface area contributed by atoms with Crippen molar-refractivity contribution in [2.24, 2.45) is 10.8 Å². The summed E-state index contributed by atoms with van der Waals surface area (Å²) >= 11 is 0. The molecule has 0 unspecified atom stereocenters. The van der Waals surface area contributed by atoms with Gasteiger partial charge in [-0.3, -0.25) is 4.79 Å². The first-order chi connectivity index (χ1) is 12.3. The van der Waals surface area contributed by atoms with Crippen molar-refractivity contribution < 1.29 is 22.2 Å². The van der Waals surface area contributed by atoms with Crippen LogP contribution in [0.3, 0.4) is 0 Å². The number of hydrazone groups is 1. The molecule has 10 heteroatoms. The average molecular weight is 376 g/mol. The van der Waals surface area contributed by atoms with E-state index in [4.69, 9.17) is 9.92 Å². The average Bonchev–Trinajstić information content (AvgIpc) is 2.56. The molecule has 136 valence electrons. The van der Waals surface area contributed by atoms with Gasteiger partial charge >= 0.3 is 16.1 Å². The molecule has 0 spiro atoms. The molecule has 0 saturated heterocycles. The fraction of sp³-hybridized carbons (Fsp3) is 0.0625. The van der Waals surface area contributed by atoms with E-state index in [-0.39, 0.29) is 16.6 Å². The molecule has 9 nitrogen and oxygen atoms in total. The zero-order chi connectivity index (χ0) is 19.2. The van der Waals surface area contributed by atoms with Crippen molar-refractivity contribution in [1.29, 1.82) is 0 Å². The van der Waals surface area contributed by atoms with Crippen LogP contribution in [-0.4, -0.2) is 26.6 Å². The van der Waals surface area contributed by atoms with Crippen molar-refractivity contribution in [3.8, 4) is 5.75 Å². The first kappa shape index (κ1) is 18.9. The van der Waals surface area contributed by atoms with Crippen LogP contribution in [0.25, 0.3) is 0 Å². The smallest absolute Gasteiger partial charge is 0.339 e. The van der Waals surface area contributed by atoms with Crippen molar-refractivity contribution in [2.45, 2.75) is 11.8 Å². The molecule has 0 saturated carbocycles. The second-order valence-electron chi connectivity index (χ2n) is 5.05. The predicted molar refractivity (Wildman–Crippen MR) is 95.3 cm³/mol. The Kier molecular flexibility index (Phi) is 5.91. The minimum atomic E-state index is -4.02. The predicted octanol–water partition coefficient (Wildman–Crippen LogP) is 1.41. The van der Waals surface area contributed by atoms with Crippen molar-refractivity contribution in [3.05, 3.63) is 54.1 Å².